The summed E-state index contributed by atoms with van der Waals surface area (Å²) < 4.78 is 47.8. The van der Waals surface area contributed by atoms with E-state index in [-0.39, 0.29) is 29.2 Å². The monoisotopic (exact) mass is 506 g/mol. The van der Waals surface area contributed by atoms with Gasteiger partial charge < -0.3 is 19.2 Å². The first-order valence-electron chi connectivity index (χ1n) is 12.1. The molecule has 0 bridgehead atoms. The largest absolute Gasteiger partial charge is 0.410 e. The normalized spacial score (nSPS) is 27.0. The Morgan fingerprint density at radius 3 is 2.43 bits per heavy atom. The molecule has 1 N–H and O–H groups in total. The highest BCUT2D eigenvalue weighted by Crippen LogP contribution is 2.50. The van der Waals surface area contributed by atoms with E-state index in [1.54, 1.807) is 13.0 Å². The predicted octanol–water partition coefficient (Wildman–Crippen LogP) is 5.54. The van der Waals surface area contributed by atoms with Gasteiger partial charge in [0.1, 0.15) is 18.3 Å². The number of hydrogen-bond acceptors (Lipinski definition) is 7. The van der Waals surface area contributed by atoms with E-state index in [1.807, 2.05) is 13.8 Å². The van der Waals surface area contributed by atoms with Gasteiger partial charge in [-0.1, -0.05) is 26.8 Å². The van der Waals surface area contributed by atoms with Crippen LogP contribution in [0, 0.1) is 24.5 Å². The van der Waals surface area contributed by atoms with Crippen LogP contribution < -0.4 is 5.32 Å². The van der Waals surface area contributed by atoms with E-state index in [1.165, 1.54) is 18.5 Å². The summed E-state index contributed by atoms with van der Waals surface area (Å²) in [5.41, 5.74) is 0.599. The van der Waals surface area contributed by atoms with E-state index in [9.17, 15) is 8.78 Å². The SMILES string of the molecule is Cc1ncnc(N[C@@H]2C[C@H](C(O[Si](C)(C)C(C)(C)C)c3ccc(F)c(F)c3)[C@H]3OC(C)(C)O[C@H]32)n1. The lowest BCUT2D eigenvalue weighted by molar-refractivity contribution is -0.161. The third kappa shape index (κ3) is 5.40. The van der Waals surface area contributed by atoms with Crippen LogP contribution in [-0.2, 0) is 13.9 Å². The van der Waals surface area contributed by atoms with Crippen molar-refractivity contribution in [3.63, 3.8) is 0 Å². The average Bonchev–Trinajstić information content (AvgIpc) is 3.21. The van der Waals surface area contributed by atoms with Gasteiger partial charge in [0.05, 0.1) is 18.2 Å². The molecule has 2 aliphatic rings. The molecule has 1 aliphatic carbocycles. The van der Waals surface area contributed by atoms with Crippen molar-refractivity contribution in [2.75, 3.05) is 5.32 Å². The molecule has 7 nitrogen and oxygen atoms in total. The van der Waals surface area contributed by atoms with Gasteiger partial charge in [-0.2, -0.15) is 4.98 Å². The number of aryl methyl sites for hydroxylation is 1. The molecular formula is C25H36F2N4O3Si. The third-order valence-corrected chi connectivity index (χ3v) is 11.9. The summed E-state index contributed by atoms with van der Waals surface area (Å²) in [5, 5.41) is 3.32. The highest BCUT2D eigenvalue weighted by Gasteiger charge is 2.57. The van der Waals surface area contributed by atoms with Gasteiger partial charge >= 0.3 is 0 Å². The molecule has 1 unspecified atom stereocenters. The molecule has 1 aliphatic heterocycles. The molecule has 1 aromatic carbocycles. The van der Waals surface area contributed by atoms with Gasteiger partial charge in [-0.05, 0) is 63.0 Å². The summed E-state index contributed by atoms with van der Waals surface area (Å²) in [5.74, 6) is -1.65. The Kier molecular flexibility index (Phi) is 6.80. The molecule has 0 radical (unpaired) electrons. The number of benzene rings is 1. The second kappa shape index (κ2) is 9.13. The zero-order chi connectivity index (χ0) is 25.8. The lowest BCUT2D eigenvalue weighted by Crippen LogP contribution is -2.44. The van der Waals surface area contributed by atoms with Crippen LogP contribution in [0.5, 0.6) is 0 Å². The van der Waals surface area contributed by atoms with Gasteiger partial charge in [-0.25, -0.2) is 18.7 Å². The lowest BCUT2D eigenvalue weighted by atomic mass is 9.92. The van der Waals surface area contributed by atoms with Crippen molar-refractivity contribution >= 4 is 14.3 Å². The summed E-state index contributed by atoms with van der Waals surface area (Å²) >= 11 is 0. The van der Waals surface area contributed by atoms with Crippen molar-refractivity contribution in [1.82, 2.24) is 15.0 Å². The minimum Gasteiger partial charge on any atom is -0.410 e. The molecule has 10 heteroatoms. The molecule has 1 saturated carbocycles. The molecular weight excluding hydrogens is 470 g/mol. The fourth-order valence-electron chi connectivity index (χ4n) is 4.66. The number of aromatic nitrogens is 3. The highest BCUT2D eigenvalue weighted by molar-refractivity contribution is 6.74. The van der Waals surface area contributed by atoms with E-state index >= 15 is 0 Å². The van der Waals surface area contributed by atoms with Crippen LogP contribution in [0.4, 0.5) is 14.7 Å². The minimum absolute atomic E-state index is 0.0752. The number of nitrogens with zero attached hydrogens (tertiary/aromatic N) is 3. The van der Waals surface area contributed by atoms with Crippen LogP contribution in [0.2, 0.25) is 18.1 Å². The fraction of sp³-hybridized carbons (Fsp3) is 0.640. The number of rotatable bonds is 6. The van der Waals surface area contributed by atoms with Crippen molar-refractivity contribution in [3.8, 4) is 0 Å². The minimum atomic E-state index is -2.30. The second-order valence-corrected chi connectivity index (χ2v) is 16.3. The Labute approximate surface area is 207 Å². The molecule has 35 heavy (non-hydrogen) atoms. The maximum Gasteiger partial charge on any atom is 0.226 e. The predicted molar refractivity (Wildman–Crippen MR) is 131 cm³/mol. The average molecular weight is 507 g/mol. The van der Waals surface area contributed by atoms with Crippen LogP contribution in [-0.4, -0.2) is 47.3 Å². The first-order chi connectivity index (χ1) is 16.2. The smallest absolute Gasteiger partial charge is 0.226 e. The van der Waals surface area contributed by atoms with Crippen LogP contribution in [0.3, 0.4) is 0 Å². The fourth-order valence-corrected chi connectivity index (χ4v) is 5.96. The number of hydrogen-bond donors (Lipinski definition) is 1. The quantitative estimate of drug-likeness (QED) is 0.515. The van der Waals surface area contributed by atoms with Crippen molar-refractivity contribution in [2.24, 2.45) is 5.92 Å². The van der Waals surface area contributed by atoms with Gasteiger partial charge in [-0.15, -0.1) is 0 Å². The zero-order valence-electron chi connectivity index (χ0n) is 21.7. The maximum atomic E-state index is 14.4. The molecule has 2 heterocycles. The molecule has 5 atom stereocenters. The standard InChI is InChI=1S/C25H36F2N4O3Si/c1-14-28-13-29-23(30-14)31-19-12-16(21-22(19)33-25(5,6)32-21)20(34-35(7,8)24(2,3)4)15-9-10-17(26)18(27)11-15/h9-11,13,16,19-22H,12H2,1-8H3,(H,28,29,30,31)/t16-,19-,20?,21-,22+/m1/s1. The van der Waals surface area contributed by atoms with Crippen LogP contribution in [0.25, 0.3) is 0 Å². The lowest BCUT2D eigenvalue weighted by Gasteiger charge is -2.42. The summed E-state index contributed by atoms with van der Waals surface area (Å²) in [6.07, 6.45) is 0.989. The van der Waals surface area contributed by atoms with E-state index in [0.29, 0.717) is 23.8 Å². The van der Waals surface area contributed by atoms with Crippen LogP contribution in [0.15, 0.2) is 24.5 Å². The zero-order valence-corrected chi connectivity index (χ0v) is 22.7. The number of anilines is 1. The third-order valence-electron chi connectivity index (χ3n) is 7.40. The Hall–Kier alpha value is -2.01. The second-order valence-electron chi connectivity index (χ2n) is 11.5. The number of halogens is 2. The molecule has 4 rings (SSSR count). The Morgan fingerprint density at radius 2 is 1.80 bits per heavy atom. The van der Waals surface area contributed by atoms with E-state index < -0.39 is 31.8 Å². The highest BCUT2D eigenvalue weighted by atomic mass is 28.4. The summed E-state index contributed by atoms with van der Waals surface area (Å²) in [6.45, 7) is 16.4. The molecule has 2 fully saturated rings. The maximum absolute atomic E-state index is 14.4. The first-order valence-corrected chi connectivity index (χ1v) is 15.0. The first kappa shape index (κ1) is 26.1. The van der Waals surface area contributed by atoms with Gasteiger partial charge in [0.15, 0.2) is 25.7 Å². The summed E-state index contributed by atoms with van der Waals surface area (Å²) in [6, 6.07) is 3.86. The van der Waals surface area contributed by atoms with E-state index in [0.717, 1.165) is 0 Å². The Morgan fingerprint density at radius 1 is 1.11 bits per heavy atom. The van der Waals surface area contributed by atoms with Crippen molar-refractivity contribution in [1.29, 1.82) is 0 Å². The molecule has 192 valence electrons. The number of nitrogens with one attached hydrogen (secondary N) is 1. The molecule has 0 amide bonds. The van der Waals surface area contributed by atoms with E-state index in [4.69, 9.17) is 13.9 Å². The molecule has 0 spiro atoms. The topological polar surface area (TPSA) is 78.4 Å². The number of fused-ring (bicyclic) bond motifs is 1. The summed E-state index contributed by atoms with van der Waals surface area (Å²) in [4.78, 5) is 12.7. The van der Waals surface area contributed by atoms with Gasteiger partial charge in [-0.3, -0.25) is 0 Å². The van der Waals surface area contributed by atoms with Crippen molar-refractivity contribution in [2.45, 2.75) is 96.2 Å². The Balaban J connectivity index is 1.72. The van der Waals surface area contributed by atoms with Gasteiger partial charge in [0.25, 0.3) is 0 Å². The Bertz CT molecular complexity index is 1080. The van der Waals surface area contributed by atoms with Crippen molar-refractivity contribution < 1.29 is 22.7 Å². The van der Waals surface area contributed by atoms with Gasteiger partial charge in [0.2, 0.25) is 5.95 Å². The molecule has 2 aromatic rings. The van der Waals surface area contributed by atoms with Crippen LogP contribution >= 0.6 is 0 Å². The summed E-state index contributed by atoms with van der Waals surface area (Å²) in [7, 11) is -2.30. The molecule has 1 saturated heterocycles. The van der Waals surface area contributed by atoms with Gasteiger partial charge in [0, 0.05) is 5.92 Å². The van der Waals surface area contributed by atoms with E-state index in [2.05, 4.69) is 54.1 Å². The molecule has 1 aromatic heterocycles. The van der Waals surface area contributed by atoms with Crippen molar-refractivity contribution in [3.05, 3.63) is 47.5 Å². The van der Waals surface area contributed by atoms with Crippen LogP contribution in [0.1, 0.15) is 58.5 Å². The number of ether oxygens (including phenoxy) is 2.